The van der Waals surface area contributed by atoms with Crippen molar-refractivity contribution in [2.45, 2.75) is 0 Å². The van der Waals surface area contributed by atoms with Gasteiger partial charge in [-0.15, -0.1) is 4.89 Å². The molecule has 0 saturated carbocycles. The highest BCUT2D eigenvalue weighted by Crippen LogP contribution is 2.16. The Hall–Kier alpha value is -1.17. The van der Waals surface area contributed by atoms with Crippen molar-refractivity contribution in [3.63, 3.8) is 0 Å². The molecule has 11 heavy (non-hydrogen) atoms. The molecular weight excluding hydrogens is 171 g/mol. The van der Waals surface area contributed by atoms with Crippen molar-refractivity contribution in [3.8, 4) is 6.01 Å². The molecule has 0 bridgehead atoms. The van der Waals surface area contributed by atoms with E-state index in [0.717, 1.165) is 0 Å². The van der Waals surface area contributed by atoms with E-state index in [0.29, 0.717) is 0 Å². The Bertz CT molecular complexity index is 229. The summed E-state index contributed by atoms with van der Waals surface area (Å²) in [5, 5.41) is 0. The van der Waals surface area contributed by atoms with Crippen molar-refractivity contribution in [1.29, 1.82) is 0 Å². The fraction of sp³-hybridized carbons (Fsp3) is 0. The second-order valence-electron chi connectivity index (χ2n) is 1.25. The van der Waals surface area contributed by atoms with Crippen molar-refractivity contribution < 1.29 is 14.0 Å². The number of aromatic nitrogens is 3. The molecule has 0 aliphatic rings. The molecule has 1 aromatic rings. The molecule has 0 saturated heterocycles. The van der Waals surface area contributed by atoms with Crippen LogP contribution in [-0.2, 0) is 4.57 Å². The number of rotatable bonds is 2. The van der Waals surface area contributed by atoms with Crippen molar-refractivity contribution in [2.75, 3.05) is 0 Å². The minimum atomic E-state index is -2.68. The molecule has 0 aliphatic heterocycles. The molecular formula is C3H6N4O3P+. The summed E-state index contributed by atoms with van der Waals surface area (Å²) in [6, 6.07) is -0.154. The first-order valence-corrected chi connectivity index (χ1v) is 3.38. The molecule has 0 aromatic carbocycles. The standard InChI is InChI=1S/C3H2N3O3P.H3N/c7-10(8)9-3-5-1-4-2-6-3;/h1-2H;1H3/p+1. The Labute approximate surface area is 63.0 Å². The second-order valence-corrected chi connectivity index (χ2v) is 1.91. The molecule has 0 aliphatic carbocycles. The van der Waals surface area contributed by atoms with Crippen LogP contribution in [0, 0.1) is 0 Å². The van der Waals surface area contributed by atoms with Gasteiger partial charge in [0.15, 0.2) is 0 Å². The van der Waals surface area contributed by atoms with Crippen LogP contribution in [0.4, 0.5) is 0 Å². The van der Waals surface area contributed by atoms with Gasteiger partial charge in [0.1, 0.15) is 12.7 Å². The molecule has 1 aromatic heterocycles. The van der Waals surface area contributed by atoms with Crippen LogP contribution in [-0.4, -0.2) is 19.8 Å². The molecule has 0 radical (unpaired) electrons. The zero-order valence-corrected chi connectivity index (χ0v) is 6.31. The lowest BCUT2D eigenvalue weighted by atomic mass is 11.0. The lowest BCUT2D eigenvalue weighted by Gasteiger charge is -1.83. The Balaban J connectivity index is 0.000001000. The summed E-state index contributed by atoms with van der Waals surface area (Å²) < 4.78 is 14.2. The van der Waals surface area contributed by atoms with Gasteiger partial charge < -0.3 is 6.15 Å². The maximum absolute atomic E-state index is 9.99. The molecule has 0 fully saturated rings. The van der Waals surface area contributed by atoms with Crippen LogP contribution < -0.4 is 10.7 Å². The van der Waals surface area contributed by atoms with E-state index in [4.69, 9.17) is 4.89 Å². The van der Waals surface area contributed by atoms with Crippen molar-refractivity contribution >= 4 is 8.25 Å². The SMILES string of the molecule is N.O=[P+](O)Oc1ncncn1. The predicted octanol–water partition coefficient (Wildman–Crippen LogP) is 0.0621. The fourth-order valence-corrected chi connectivity index (χ4v) is 0.580. The van der Waals surface area contributed by atoms with E-state index in [1.807, 2.05) is 0 Å². The maximum atomic E-state index is 9.99. The third kappa shape index (κ3) is 3.51. The van der Waals surface area contributed by atoms with Gasteiger partial charge in [-0.1, -0.05) is 0 Å². The van der Waals surface area contributed by atoms with Crippen LogP contribution in [0.3, 0.4) is 0 Å². The Morgan fingerprint density at radius 1 is 1.45 bits per heavy atom. The van der Waals surface area contributed by atoms with E-state index in [1.165, 1.54) is 12.7 Å². The molecule has 7 nitrogen and oxygen atoms in total. The van der Waals surface area contributed by atoms with E-state index >= 15 is 0 Å². The van der Waals surface area contributed by atoms with Crippen LogP contribution in [0.5, 0.6) is 6.01 Å². The van der Waals surface area contributed by atoms with E-state index < -0.39 is 8.25 Å². The van der Waals surface area contributed by atoms with E-state index in [2.05, 4.69) is 19.5 Å². The summed E-state index contributed by atoms with van der Waals surface area (Å²) in [7, 11) is -2.68. The highest BCUT2D eigenvalue weighted by molar-refractivity contribution is 7.32. The predicted molar refractivity (Wildman–Crippen MR) is 35.3 cm³/mol. The number of hydrogen-bond acceptors (Lipinski definition) is 6. The van der Waals surface area contributed by atoms with Crippen molar-refractivity contribution in [3.05, 3.63) is 12.7 Å². The summed E-state index contributed by atoms with van der Waals surface area (Å²) in [4.78, 5) is 18.5. The lowest BCUT2D eigenvalue weighted by molar-refractivity contribution is 0.395. The normalized spacial score (nSPS) is 9.73. The van der Waals surface area contributed by atoms with E-state index in [1.54, 1.807) is 0 Å². The van der Waals surface area contributed by atoms with Crippen molar-refractivity contribution in [1.82, 2.24) is 21.1 Å². The Kier molecular flexibility index (Phi) is 4.12. The Morgan fingerprint density at radius 3 is 2.45 bits per heavy atom. The van der Waals surface area contributed by atoms with E-state index in [-0.39, 0.29) is 12.2 Å². The monoisotopic (exact) mass is 177 g/mol. The van der Waals surface area contributed by atoms with Gasteiger partial charge in [-0.3, -0.25) is 0 Å². The smallest absolute Gasteiger partial charge is 0.344 e. The first-order valence-electron chi connectivity index (χ1n) is 2.25. The summed E-state index contributed by atoms with van der Waals surface area (Å²) in [6.07, 6.45) is 2.34. The summed E-state index contributed by atoms with van der Waals surface area (Å²) in [5.41, 5.74) is 0. The lowest BCUT2D eigenvalue weighted by Crippen LogP contribution is -1.88. The second kappa shape index (κ2) is 4.62. The van der Waals surface area contributed by atoms with Crippen LogP contribution in [0.15, 0.2) is 12.7 Å². The molecule has 0 amide bonds. The molecule has 4 N–H and O–H groups in total. The van der Waals surface area contributed by atoms with Gasteiger partial charge in [0.05, 0.1) is 0 Å². The third-order valence-electron chi connectivity index (χ3n) is 0.629. The summed E-state index contributed by atoms with van der Waals surface area (Å²) >= 11 is 0. The highest BCUT2D eigenvalue weighted by atomic mass is 31.1. The zero-order valence-electron chi connectivity index (χ0n) is 5.41. The third-order valence-corrected chi connectivity index (χ3v) is 0.949. The van der Waals surface area contributed by atoms with Crippen LogP contribution >= 0.6 is 8.25 Å². The summed E-state index contributed by atoms with van der Waals surface area (Å²) in [6.45, 7) is 0. The molecule has 8 heteroatoms. The van der Waals surface area contributed by atoms with Gasteiger partial charge >= 0.3 is 14.3 Å². The van der Waals surface area contributed by atoms with E-state index in [9.17, 15) is 4.57 Å². The maximum Gasteiger partial charge on any atom is 0.750 e. The Morgan fingerprint density at radius 2 is 2.00 bits per heavy atom. The number of nitrogens with zero attached hydrogens (tertiary/aromatic N) is 3. The van der Waals surface area contributed by atoms with Gasteiger partial charge in [0, 0.05) is 4.57 Å². The highest BCUT2D eigenvalue weighted by Gasteiger charge is 2.15. The molecule has 1 heterocycles. The first-order chi connectivity index (χ1) is 4.79. The summed E-state index contributed by atoms with van der Waals surface area (Å²) in [5.74, 6) is 0. The average molecular weight is 177 g/mol. The van der Waals surface area contributed by atoms with Crippen LogP contribution in [0.1, 0.15) is 0 Å². The van der Waals surface area contributed by atoms with Gasteiger partial charge in [-0.2, -0.15) is 14.5 Å². The van der Waals surface area contributed by atoms with Gasteiger partial charge in [-0.25, -0.2) is 4.98 Å². The quantitative estimate of drug-likeness (QED) is 0.612. The molecule has 1 unspecified atom stereocenters. The number of hydrogen-bond donors (Lipinski definition) is 2. The van der Waals surface area contributed by atoms with Crippen LogP contribution in [0.25, 0.3) is 0 Å². The molecule has 0 spiro atoms. The first kappa shape index (κ1) is 9.83. The largest absolute Gasteiger partial charge is 0.750 e. The van der Waals surface area contributed by atoms with Gasteiger partial charge in [0.25, 0.3) is 0 Å². The molecule has 60 valence electrons. The van der Waals surface area contributed by atoms with Gasteiger partial charge in [-0.05, 0) is 0 Å². The molecule has 1 rings (SSSR count). The van der Waals surface area contributed by atoms with Crippen LogP contribution in [0.2, 0.25) is 0 Å². The van der Waals surface area contributed by atoms with Gasteiger partial charge in [0.2, 0.25) is 0 Å². The minimum Gasteiger partial charge on any atom is -0.344 e. The fourth-order valence-electron chi connectivity index (χ4n) is 0.346. The average Bonchev–Trinajstić information content (AvgIpc) is 1.88. The topological polar surface area (TPSA) is 120 Å². The zero-order chi connectivity index (χ0) is 7.40. The van der Waals surface area contributed by atoms with Crippen molar-refractivity contribution in [2.24, 2.45) is 0 Å². The minimum absolute atomic E-state index is 0. The molecule has 1 atom stereocenters.